The number of amides is 1. The Morgan fingerprint density at radius 2 is 1.78 bits per heavy atom. The van der Waals surface area contributed by atoms with E-state index in [1.807, 2.05) is 6.07 Å². The van der Waals surface area contributed by atoms with Crippen LogP contribution >= 0.6 is 0 Å². The van der Waals surface area contributed by atoms with E-state index in [0.717, 1.165) is 22.9 Å². The number of halogens is 5. The smallest absolute Gasteiger partial charge is 0.384 e. The number of hydrogen-bond donors (Lipinski definition) is 2. The van der Waals surface area contributed by atoms with Crippen LogP contribution in [0.15, 0.2) is 72.8 Å². The van der Waals surface area contributed by atoms with Crippen molar-refractivity contribution in [2.45, 2.75) is 12.3 Å². The van der Waals surface area contributed by atoms with Crippen molar-refractivity contribution in [2.24, 2.45) is 0 Å². The third kappa shape index (κ3) is 5.08. The maximum atomic E-state index is 14.1. The van der Waals surface area contributed by atoms with Gasteiger partial charge < -0.3 is 10.4 Å². The van der Waals surface area contributed by atoms with Gasteiger partial charge in [0.2, 0.25) is 0 Å². The Bertz CT molecular complexity index is 1490. The number of nitrogens with one attached hydrogen (secondary N) is 1. The Kier molecular flexibility index (Phi) is 6.55. The summed E-state index contributed by atoms with van der Waals surface area (Å²) in [5, 5.41) is 25.5. The standard InChI is InChI=1S/C25H15F5N4O2/c26-16-7-8-20(27)19(11-16)23(35)15-4-2-5-17(10-15)32-24(36)21-12-22(25(28,29)30)33-34(21)18-6-1-3-14(9-18)13-31/h1-12,23,35H,(H,32,36). The van der Waals surface area contributed by atoms with Crippen LogP contribution in [0.2, 0.25) is 0 Å². The van der Waals surface area contributed by atoms with E-state index in [0.29, 0.717) is 6.07 Å². The lowest BCUT2D eigenvalue weighted by Gasteiger charge is -2.14. The van der Waals surface area contributed by atoms with E-state index in [4.69, 9.17) is 5.26 Å². The van der Waals surface area contributed by atoms with Crippen molar-refractivity contribution < 1.29 is 31.9 Å². The minimum Gasteiger partial charge on any atom is -0.384 e. The Labute approximate surface area is 200 Å². The minimum absolute atomic E-state index is 0.0560. The van der Waals surface area contributed by atoms with Crippen LogP contribution in [0.4, 0.5) is 27.6 Å². The van der Waals surface area contributed by atoms with E-state index in [2.05, 4.69) is 10.4 Å². The highest BCUT2D eigenvalue weighted by molar-refractivity contribution is 6.03. The highest BCUT2D eigenvalue weighted by atomic mass is 19.4. The summed E-state index contributed by atoms with van der Waals surface area (Å²) < 4.78 is 68.4. The lowest BCUT2D eigenvalue weighted by Crippen LogP contribution is -2.17. The number of aliphatic hydroxyl groups excluding tert-OH is 1. The molecule has 0 aliphatic heterocycles. The predicted molar refractivity (Wildman–Crippen MR) is 118 cm³/mol. The zero-order valence-electron chi connectivity index (χ0n) is 18.1. The molecule has 2 N–H and O–H groups in total. The van der Waals surface area contributed by atoms with Gasteiger partial charge in [0.15, 0.2) is 5.69 Å². The summed E-state index contributed by atoms with van der Waals surface area (Å²) in [5.74, 6) is -2.57. The summed E-state index contributed by atoms with van der Waals surface area (Å²) in [6.45, 7) is 0. The third-order valence-corrected chi connectivity index (χ3v) is 5.17. The first-order chi connectivity index (χ1) is 17.1. The van der Waals surface area contributed by atoms with Crippen LogP contribution in [-0.2, 0) is 6.18 Å². The average Bonchev–Trinajstić information content (AvgIpc) is 3.32. The molecular weight excluding hydrogens is 483 g/mol. The van der Waals surface area contributed by atoms with Gasteiger partial charge in [-0.3, -0.25) is 4.79 Å². The molecule has 6 nitrogen and oxygen atoms in total. The van der Waals surface area contributed by atoms with Gasteiger partial charge in [0, 0.05) is 17.3 Å². The normalized spacial score (nSPS) is 12.1. The maximum Gasteiger partial charge on any atom is 0.435 e. The molecule has 3 aromatic carbocycles. The predicted octanol–water partition coefficient (Wildman–Crippen LogP) is 5.37. The monoisotopic (exact) mass is 498 g/mol. The van der Waals surface area contributed by atoms with E-state index in [-0.39, 0.29) is 28.1 Å². The van der Waals surface area contributed by atoms with Gasteiger partial charge in [-0.15, -0.1) is 0 Å². The number of carbonyl (C=O) groups excluding carboxylic acids is 1. The number of benzene rings is 3. The van der Waals surface area contributed by atoms with Crippen molar-refractivity contribution in [2.75, 3.05) is 5.32 Å². The molecule has 0 saturated carbocycles. The second-order valence-corrected chi connectivity index (χ2v) is 7.63. The van der Waals surface area contributed by atoms with E-state index >= 15 is 0 Å². The number of nitrogens with zero attached hydrogens (tertiary/aromatic N) is 3. The van der Waals surface area contributed by atoms with Gasteiger partial charge in [-0.2, -0.15) is 23.5 Å². The van der Waals surface area contributed by atoms with Gasteiger partial charge in [0.1, 0.15) is 23.4 Å². The fraction of sp³-hybridized carbons (Fsp3) is 0.0800. The number of aromatic nitrogens is 2. The number of hydrogen-bond acceptors (Lipinski definition) is 4. The highest BCUT2D eigenvalue weighted by Crippen LogP contribution is 2.31. The molecular formula is C25H15F5N4O2. The number of carbonyl (C=O) groups is 1. The van der Waals surface area contributed by atoms with Crippen LogP contribution in [0.25, 0.3) is 5.69 Å². The van der Waals surface area contributed by atoms with Crippen molar-refractivity contribution in [3.63, 3.8) is 0 Å². The van der Waals surface area contributed by atoms with Crippen molar-refractivity contribution in [1.29, 1.82) is 5.26 Å². The fourth-order valence-corrected chi connectivity index (χ4v) is 3.47. The second kappa shape index (κ2) is 9.59. The van der Waals surface area contributed by atoms with E-state index in [1.54, 1.807) is 0 Å². The molecule has 1 atom stereocenters. The zero-order valence-corrected chi connectivity index (χ0v) is 18.1. The van der Waals surface area contributed by atoms with Gasteiger partial charge in [0.05, 0.1) is 17.3 Å². The first-order valence-corrected chi connectivity index (χ1v) is 10.3. The van der Waals surface area contributed by atoms with Gasteiger partial charge >= 0.3 is 6.18 Å². The van der Waals surface area contributed by atoms with Crippen molar-refractivity contribution in [3.05, 3.63) is 113 Å². The highest BCUT2D eigenvalue weighted by Gasteiger charge is 2.36. The van der Waals surface area contributed by atoms with Crippen LogP contribution in [0.3, 0.4) is 0 Å². The van der Waals surface area contributed by atoms with Gasteiger partial charge in [-0.1, -0.05) is 18.2 Å². The molecule has 1 heterocycles. The molecule has 0 aliphatic rings. The van der Waals surface area contributed by atoms with E-state index in [9.17, 15) is 31.9 Å². The molecule has 0 aliphatic carbocycles. The summed E-state index contributed by atoms with van der Waals surface area (Å²) in [5.41, 5.74) is -1.75. The Hall–Kier alpha value is -4.56. The molecule has 0 spiro atoms. The molecule has 1 unspecified atom stereocenters. The molecule has 36 heavy (non-hydrogen) atoms. The first-order valence-electron chi connectivity index (χ1n) is 10.3. The topological polar surface area (TPSA) is 90.9 Å². The first kappa shape index (κ1) is 24.6. The number of nitriles is 1. The molecule has 0 radical (unpaired) electrons. The van der Waals surface area contributed by atoms with Crippen molar-refractivity contribution in [1.82, 2.24) is 9.78 Å². The summed E-state index contributed by atoms with van der Waals surface area (Å²) in [6.07, 6.45) is -6.42. The van der Waals surface area contributed by atoms with Crippen LogP contribution in [0.1, 0.15) is 39.0 Å². The number of anilines is 1. The fourth-order valence-electron chi connectivity index (χ4n) is 3.47. The van der Waals surface area contributed by atoms with E-state index < -0.39 is 41.2 Å². The molecule has 11 heteroatoms. The molecule has 1 aromatic heterocycles. The summed E-state index contributed by atoms with van der Waals surface area (Å²) in [6, 6.07) is 16.0. The lowest BCUT2D eigenvalue weighted by atomic mass is 10.0. The molecule has 4 aromatic rings. The largest absolute Gasteiger partial charge is 0.435 e. The average molecular weight is 498 g/mol. The molecule has 1 amide bonds. The van der Waals surface area contributed by atoms with Crippen LogP contribution in [-0.4, -0.2) is 20.8 Å². The second-order valence-electron chi connectivity index (χ2n) is 7.63. The summed E-state index contributed by atoms with van der Waals surface area (Å²) in [4.78, 5) is 13.0. The minimum atomic E-state index is -4.84. The van der Waals surface area contributed by atoms with Gasteiger partial charge in [-0.05, 0) is 54.1 Å². The molecule has 182 valence electrons. The van der Waals surface area contributed by atoms with Crippen LogP contribution in [0.5, 0.6) is 0 Å². The van der Waals surface area contributed by atoms with Gasteiger partial charge in [0.25, 0.3) is 5.91 Å². The zero-order chi connectivity index (χ0) is 26.0. The number of rotatable bonds is 5. The third-order valence-electron chi connectivity index (χ3n) is 5.17. The maximum absolute atomic E-state index is 14.1. The Morgan fingerprint density at radius 1 is 1.03 bits per heavy atom. The Morgan fingerprint density at radius 3 is 2.50 bits per heavy atom. The van der Waals surface area contributed by atoms with Gasteiger partial charge in [-0.25, -0.2) is 13.5 Å². The summed E-state index contributed by atoms with van der Waals surface area (Å²) >= 11 is 0. The van der Waals surface area contributed by atoms with Crippen molar-refractivity contribution >= 4 is 11.6 Å². The molecule has 0 bridgehead atoms. The lowest BCUT2D eigenvalue weighted by molar-refractivity contribution is -0.141. The Balaban J connectivity index is 1.68. The van der Waals surface area contributed by atoms with Crippen LogP contribution < -0.4 is 5.32 Å². The van der Waals surface area contributed by atoms with Crippen molar-refractivity contribution in [3.8, 4) is 11.8 Å². The molecule has 0 fully saturated rings. The SMILES string of the molecule is N#Cc1cccc(-n2nc(C(F)(F)F)cc2C(=O)Nc2cccc(C(O)c3cc(F)ccc3F)c2)c1. The number of alkyl halides is 3. The number of aliphatic hydroxyl groups is 1. The molecule has 0 saturated heterocycles. The molecule has 4 rings (SSSR count). The van der Waals surface area contributed by atoms with Crippen LogP contribution in [0, 0.1) is 23.0 Å². The quantitative estimate of drug-likeness (QED) is 0.362. The summed E-state index contributed by atoms with van der Waals surface area (Å²) in [7, 11) is 0. The van der Waals surface area contributed by atoms with E-state index in [1.165, 1.54) is 48.5 Å².